The first kappa shape index (κ1) is 19.6. The highest BCUT2D eigenvalue weighted by molar-refractivity contribution is 7.99. The summed E-state index contributed by atoms with van der Waals surface area (Å²) in [5.41, 5.74) is 0.394. The molecule has 0 aromatic heterocycles. The number of benzene rings is 2. The Morgan fingerprint density at radius 2 is 1.58 bits per heavy atom. The van der Waals surface area contributed by atoms with Crippen molar-refractivity contribution in [2.24, 2.45) is 0 Å². The van der Waals surface area contributed by atoms with Gasteiger partial charge in [0.25, 0.3) is 5.76 Å². The van der Waals surface area contributed by atoms with Gasteiger partial charge in [0.2, 0.25) is 5.91 Å². The molecule has 0 saturated carbocycles. The average Bonchev–Trinajstić information content (AvgIpc) is 2.58. The molecule has 10 heteroatoms. The molecule has 0 fully saturated rings. The van der Waals surface area contributed by atoms with Gasteiger partial charge in [-0.05, 0) is 36.4 Å². The molecule has 0 aliphatic heterocycles. The van der Waals surface area contributed by atoms with Crippen molar-refractivity contribution in [2.75, 3.05) is 17.2 Å². The lowest BCUT2D eigenvalue weighted by atomic mass is 10.3. The van der Waals surface area contributed by atoms with E-state index in [1.165, 1.54) is 30.3 Å². The molecule has 0 aliphatic carbocycles. The van der Waals surface area contributed by atoms with Crippen molar-refractivity contribution in [3.8, 4) is 0 Å². The quantitative estimate of drug-likeness (QED) is 0.518. The molecule has 3 amide bonds. The van der Waals surface area contributed by atoms with Gasteiger partial charge < -0.3 is 16.0 Å². The smallest absolute Gasteiger partial charge is 0.319 e. The van der Waals surface area contributed by atoms with Crippen LogP contribution in [0.25, 0.3) is 0 Å². The van der Waals surface area contributed by atoms with Crippen LogP contribution in [-0.4, -0.2) is 24.2 Å². The number of carbonyl (C=O) groups excluding carboxylic acids is 2. The summed E-state index contributed by atoms with van der Waals surface area (Å²) in [5.74, 6) is -5.33. The summed E-state index contributed by atoms with van der Waals surface area (Å²) in [7, 11) is 0. The number of anilines is 2. The number of amides is 3. The summed E-state index contributed by atoms with van der Waals surface area (Å²) >= 11 is 0.378. The van der Waals surface area contributed by atoms with E-state index in [2.05, 4.69) is 16.0 Å². The fourth-order valence-corrected chi connectivity index (χ4v) is 2.33. The number of hydrogen-bond donors (Lipinski definition) is 3. The molecule has 0 aliphatic rings. The number of nitrogens with one attached hydrogen (secondary N) is 3. The summed E-state index contributed by atoms with van der Waals surface area (Å²) in [6, 6.07) is 7.87. The van der Waals surface area contributed by atoms with E-state index in [9.17, 15) is 27.2 Å². The number of carbonyl (C=O) groups is 2. The Morgan fingerprint density at radius 1 is 0.923 bits per heavy atom. The van der Waals surface area contributed by atoms with Gasteiger partial charge in [0.05, 0.1) is 6.54 Å². The van der Waals surface area contributed by atoms with Crippen molar-refractivity contribution in [1.82, 2.24) is 5.32 Å². The molecule has 0 radical (unpaired) electrons. The first-order valence-electron chi connectivity index (χ1n) is 7.18. The molecule has 26 heavy (non-hydrogen) atoms. The molecule has 5 nitrogen and oxygen atoms in total. The molecule has 0 bridgehead atoms. The van der Waals surface area contributed by atoms with Crippen molar-refractivity contribution in [3.05, 3.63) is 54.1 Å². The van der Waals surface area contributed by atoms with Gasteiger partial charge in [-0.3, -0.25) is 4.79 Å². The number of hydrogen-bond acceptors (Lipinski definition) is 3. The molecule has 0 unspecified atom stereocenters. The molecule has 0 atom stereocenters. The summed E-state index contributed by atoms with van der Waals surface area (Å²) in [6.45, 7) is -0.413. The fourth-order valence-electron chi connectivity index (χ4n) is 1.83. The van der Waals surface area contributed by atoms with Gasteiger partial charge in [0, 0.05) is 22.3 Å². The van der Waals surface area contributed by atoms with Crippen LogP contribution in [0.15, 0.2) is 47.4 Å². The maximum atomic E-state index is 13.0. The normalized spacial score (nSPS) is 10.5. The molecule has 138 valence electrons. The van der Waals surface area contributed by atoms with Gasteiger partial charge in [-0.15, -0.1) is 0 Å². The van der Waals surface area contributed by atoms with E-state index in [0.29, 0.717) is 22.3 Å². The van der Waals surface area contributed by atoms with E-state index >= 15 is 0 Å². The predicted octanol–water partition coefficient (Wildman–Crippen LogP) is 4.04. The Bertz CT molecular complexity index is 788. The lowest BCUT2D eigenvalue weighted by molar-refractivity contribution is -0.115. The Hall–Kier alpha value is -2.75. The fraction of sp³-hybridized carbons (Fsp3) is 0.125. The maximum absolute atomic E-state index is 13.0. The average molecular weight is 387 g/mol. The van der Waals surface area contributed by atoms with E-state index in [1.54, 1.807) is 0 Å². The Labute approximate surface area is 150 Å². The number of urea groups is 1. The van der Waals surface area contributed by atoms with Gasteiger partial charge in [-0.2, -0.15) is 8.78 Å². The van der Waals surface area contributed by atoms with Gasteiger partial charge in [0.1, 0.15) is 0 Å². The SMILES string of the molecule is O=C(CNC(=O)Nc1ccc(SC(F)F)cc1)Nc1ccc(F)c(F)c1. The Morgan fingerprint density at radius 3 is 2.19 bits per heavy atom. The molecule has 0 heterocycles. The van der Waals surface area contributed by atoms with Gasteiger partial charge in [-0.1, -0.05) is 11.8 Å². The van der Waals surface area contributed by atoms with Crippen molar-refractivity contribution in [1.29, 1.82) is 0 Å². The first-order valence-corrected chi connectivity index (χ1v) is 8.06. The number of rotatable bonds is 6. The van der Waals surface area contributed by atoms with Crippen LogP contribution in [-0.2, 0) is 4.79 Å². The number of halogens is 4. The van der Waals surface area contributed by atoms with Crippen LogP contribution in [0.4, 0.5) is 33.7 Å². The van der Waals surface area contributed by atoms with E-state index in [1.807, 2.05) is 0 Å². The van der Waals surface area contributed by atoms with Gasteiger partial charge in [-0.25, -0.2) is 13.6 Å². The lowest BCUT2D eigenvalue weighted by Crippen LogP contribution is -2.35. The number of thioether (sulfide) groups is 1. The summed E-state index contributed by atoms with van der Waals surface area (Å²) in [4.78, 5) is 23.7. The van der Waals surface area contributed by atoms with Crippen molar-refractivity contribution >= 4 is 35.1 Å². The molecule has 2 rings (SSSR count). The lowest BCUT2D eigenvalue weighted by Gasteiger charge is -2.09. The van der Waals surface area contributed by atoms with Crippen molar-refractivity contribution in [2.45, 2.75) is 10.7 Å². The van der Waals surface area contributed by atoms with Crippen LogP contribution in [0.5, 0.6) is 0 Å². The second-order valence-electron chi connectivity index (χ2n) is 4.89. The largest absolute Gasteiger partial charge is 0.329 e. The second-order valence-corrected chi connectivity index (χ2v) is 5.95. The third-order valence-corrected chi connectivity index (χ3v) is 3.67. The zero-order valence-electron chi connectivity index (χ0n) is 13.1. The van der Waals surface area contributed by atoms with E-state index < -0.39 is 35.9 Å². The van der Waals surface area contributed by atoms with Gasteiger partial charge >= 0.3 is 6.03 Å². The zero-order valence-corrected chi connectivity index (χ0v) is 13.9. The van der Waals surface area contributed by atoms with E-state index in [-0.39, 0.29) is 5.69 Å². The minimum absolute atomic E-state index is 0.0447. The predicted molar refractivity (Wildman–Crippen MR) is 90.3 cm³/mol. The van der Waals surface area contributed by atoms with Crippen LogP contribution < -0.4 is 16.0 Å². The van der Waals surface area contributed by atoms with Crippen LogP contribution in [0.2, 0.25) is 0 Å². The number of alkyl halides is 2. The summed E-state index contributed by atoms with van der Waals surface area (Å²) < 4.78 is 50.3. The maximum Gasteiger partial charge on any atom is 0.319 e. The molecule has 2 aromatic carbocycles. The second kappa shape index (κ2) is 9.09. The van der Waals surface area contributed by atoms with Crippen LogP contribution >= 0.6 is 11.8 Å². The van der Waals surface area contributed by atoms with Crippen molar-refractivity contribution in [3.63, 3.8) is 0 Å². The van der Waals surface area contributed by atoms with Crippen LogP contribution in [0, 0.1) is 11.6 Å². The van der Waals surface area contributed by atoms with E-state index in [4.69, 9.17) is 0 Å². The molecular formula is C16H13F4N3O2S. The summed E-state index contributed by atoms with van der Waals surface area (Å²) in [6.07, 6.45) is 0. The zero-order chi connectivity index (χ0) is 19.1. The Balaban J connectivity index is 1.78. The first-order chi connectivity index (χ1) is 12.3. The van der Waals surface area contributed by atoms with Crippen molar-refractivity contribution < 1.29 is 27.2 Å². The molecule has 0 saturated heterocycles. The Kier molecular flexibility index (Phi) is 6.84. The van der Waals surface area contributed by atoms with Crippen LogP contribution in [0.3, 0.4) is 0 Å². The third kappa shape index (κ3) is 6.28. The molecule has 2 aromatic rings. The highest BCUT2D eigenvalue weighted by atomic mass is 32.2. The monoisotopic (exact) mass is 387 g/mol. The molecule has 3 N–H and O–H groups in total. The third-order valence-electron chi connectivity index (χ3n) is 2.95. The minimum atomic E-state index is -2.54. The standard InChI is InChI=1S/C16H13F4N3O2S/c17-12-6-3-10(7-13(12)18)22-14(24)8-21-16(25)23-9-1-4-11(5-2-9)26-15(19)20/h1-7,15H,8H2,(H,22,24)(H2,21,23,25). The van der Waals surface area contributed by atoms with Gasteiger partial charge in [0.15, 0.2) is 11.6 Å². The molecule has 0 spiro atoms. The summed E-state index contributed by atoms with van der Waals surface area (Å²) in [5, 5.41) is 6.98. The molecular weight excluding hydrogens is 374 g/mol. The highest BCUT2D eigenvalue weighted by Gasteiger charge is 2.09. The minimum Gasteiger partial charge on any atom is -0.329 e. The topological polar surface area (TPSA) is 70.2 Å². The van der Waals surface area contributed by atoms with E-state index in [0.717, 1.165) is 12.1 Å². The van der Waals surface area contributed by atoms with Crippen LogP contribution in [0.1, 0.15) is 0 Å². The highest BCUT2D eigenvalue weighted by Crippen LogP contribution is 2.26.